The van der Waals surface area contributed by atoms with Crippen LogP contribution in [-0.4, -0.2) is 36.0 Å². The van der Waals surface area contributed by atoms with Crippen molar-refractivity contribution in [2.45, 2.75) is 45.2 Å². The van der Waals surface area contributed by atoms with E-state index in [2.05, 4.69) is 21.7 Å². The molecule has 1 atom stereocenters. The molecule has 4 nitrogen and oxygen atoms in total. The molecule has 1 aliphatic heterocycles. The largest absolute Gasteiger partial charge is 0.353 e. The number of nitrogens with one attached hydrogen (secondary N) is 1. The van der Waals surface area contributed by atoms with Gasteiger partial charge in [-0.05, 0) is 36.8 Å². The third kappa shape index (κ3) is 4.95. The molecule has 1 amide bonds. The van der Waals surface area contributed by atoms with Crippen LogP contribution in [0.5, 0.6) is 0 Å². The number of rotatable bonds is 6. The number of nitrogens with zero attached hydrogens (tertiary/aromatic N) is 1. The van der Waals surface area contributed by atoms with Gasteiger partial charge in [-0.1, -0.05) is 13.3 Å². The number of hydrogen-bond donors (Lipinski definition) is 2. The summed E-state index contributed by atoms with van der Waals surface area (Å²) in [5.74, 6) is -0.0346. The molecule has 3 N–H and O–H groups in total. The van der Waals surface area contributed by atoms with Crippen molar-refractivity contribution >= 4 is 29.7 Å². The average Bonchev–Trinajstić information content (AvgIpc) is 2.86. The Morgan fingerprint density at radius 3 is 3.05 bits per heavy atom. The predicted octanol–water partition coefficient (Wildman–Crippen LogP) is 2.16. The lowest BCUT2D eigenvalue weighted by atomic mass is 9.96. The molecule has 0 saturated carbocycles. The molecule has 1 aliphatic rings. The Kier molecular flexibility index (Phi) is 7.13. The monoisotopic (exact) mass is 331 g/mol. The van der Waals surface area contributed by atoms with Crippen molar-refractivity contribution < 1.29 is 4.79 Å². The molecule has 6 heteroatoms. The topological polar surface area (TPSA) is 58.4 Å². The van der Waals surface area contributed by atoms with Gasteiger partial charge in [0.2, 0.25) is 5.91 Å². The quantitative estimate of drug-likeness (QED) is 0.840. The summed E-state index contributed by atoms with van der Waals surface area (Å²) >= 11 is 1.85. The maximum absolute atomic E-state index is 12.0. The molecular weight excluding hydrogens is 306 g/mol. The van der Waals surface area contributed by atoms with Gasteiger partial charge in [0.1, 0.15) is 0 Å². The molecule has 2 heterocycles. The maximum Gasteiger partial charge on any atom is 0.239 e. The maximum atomic E-state index is 12.0. The van der Waals surface area contributed by atoms with Crippen molar-refractivity contribution in [3.05, 3.63) is 21.9 Å². The van der Waals surface area contributed by atoms with E-state index in [1.165, 1.54) is 10.4 Å². The van der Waals surface area contributed by atoms with Crippen LogP contribution in [0, 0.1) is 0 Å². The van der Waals surface area contributed by atoms with Crippen LogP contribution in [0.3, 0.4) is 0 Å². The van der Waals surface area contributed by atoms with Crippen molar-refractivity contribution in [3.63, 3.8) is 0 Å². The zero-order valence-corrected chi connectivity index (χ0v) is 14.5. The van der Waals surface area contributed by atoms with Crippen LogP contribution < -0.4 is 11.1 Å². The van der Waals surface area contributed by atoms with E-state index in [0.29, 0.717) is 6.54 Å². The fraction of sp³-hybridized carbons (Fsp3) is 0.667. The SMILES string of the molecule is CCCC(C)(N)C(=O)NCCN1CCc2sccc2C1.Cl. The number of hydrogen-bond acceptors (Lipinski definition) is 4. The fourth-order valence-corrected chi connectivity index (χ4v) is 3.55. The minimum atomic E-state index is -0.739. The third-order valence-corrected chi connectivity index (χ3v) is 4.91. The van der Waals surface area contributed by atoms with E-state index in [4.69, 9.17) is 5.73 Å². The molecule has 0 bridgehead atoms. The summed E-state index contributed by atoms with van der Waals surface area (Å²) in [6, 6.07) is 2.21. The smallest absolute Gasteiger partial charge is 0.239 e. The molecule has 0 aliphatic carbocycles. The van der Waals surface area contributed by atoms with Crippen LogP contribution in [0.1, 0.15) is 37.1 Å². The van der Waals surface area contributed by atoms with Crippen molar-refractivity contribution in [1.29, 1.82) is 0 Å². The summed E-state index contributed by atoms with van der Waals surface area (Å²) in [5.41, 5.74) is 6.72. The van der Waals surface area contributed by atoms with Crippen LogP contribution in [0.25, 0.3) is 0 Å². The molecule has 21 heavy (non-hydrogen) atoms. The lowest BCUT2D eigenvalue weighted by Gasteiger charge is -2.28. The average molecular weight is 332 g/mol. The second kappa shape index (κ2) is 8.13. The van der Waals surface area contributed by atoms with Gasteiger partial charge in [0.15, 0.2) is 0 Å². The first kappa shape index (κ1) is 18.4. The highest BCUT2D eigenvalue weighted by atomic mass is 35.5. The normalized spacial score (nSPS) is 17.5. The summed E-state index contributed by atoms with van der Waals surface area (Å²) in [6.07, 6.45) is 2.78. The number of amides is 1. The number of halogens is 1. The Balaban J connectivity index is 0.00000220. The van der Waals surface area contributed by atoms with E-state index in [-0.39, 0.29) is 18.3 Å². The molecule has 120 valence electrons. The van der Waals surface area contributed by atoms with Gasteiger partial charge in [0.05, 0.1) is 5.54 Å². The Morgan fingerprint density at radius 1 is 1.57 bits per heavy atom. The summed E-state index contributed by atoms with van der Waals surface area (Å²) in [5, 5.41) is 5.14. The Morgan fingerprint density at radius 2 is 2.33 bits per heavy atom. The van der Waals surface area contributed by atoms with Crippen LogP contribution in [0.2, 0.25) is 0 Å². The van der Waals surface area contributed by atoms with Gasteiger partial charge in [-0.3, -0.25) is 9.69 Å². The predicted molar refractivity (Wildman–Crippen MR) is 91.1 cm³/mol. The van der Waals surface area contributed by atoms with E-state index in [9.17, 15) is 4.79 Å². The molecule has 0 aromatic carbocycles. The lowest BCUT2D eigenvalue weighted by Crippen LogP contribution is -2.52. The number of thiophene rings is 1. The van der Waals surface area contributed by atoms with E-state index < -0.39 is 5.54 Å². The molecule has 1 aromatic rings. The zero-order valence-electron chi connectivity index (χ0n) is 12.9. The highest BCUT2D eigenvalue weighted by Crippen LogP contribution is 2.23. The second-order valence-electron chi connectivity index (χ2n) is 5.82. The van der Waals surface area contributed by atoms with E-state index in [0.717, 1.165) is 38.9 Å². The van der Waals surface area contributed by atoms with Crippen molar-refractivity contribution in [3.8, 4) is 0 Å². The first-order valence-corrected chi connectivity index (χ1v) is 8.25. The van der Waals surface area contributed by atoms with Crippen molar-refractivity contribution in [2.24, 2.45) is 5.73 Å². The molecule has 0 radical (unpaired) electrons. The summed E-state index contributed by atoms with van der Waals surface area (Å²) in [4.78, 5) is 15.9. The van der Waals surface area contributed by atoms with Gasteiger partial charge in [-0.15, -0.1) is 23.7 Å². The van der Waals surface area contributed by atoms with Gasteiger partial charge in [0.25, 0.3) is 0 Å². The number of fused-ring (bicyclic) bond motifs is 1. The van der Waals surface area contributed by atoms with Gasteiger partial charge >= 0.3 is 0 Å². The second-order valence-corrected chi connectivity index (χ2v) is 6.82. The fourth-order valence-electron chi connectivity index (χ4n) is 2.66. The molecule has 0 fully saturated rings. The third-order valence-electron chi connectivity index (χ3n) is 3.89. The van der Waals surface area contributed by atoms with Gasteiger partial charge in [0, 0.05) is 31.1 Å². The highest BCUT2D eigenvalue weighted by Gasteiger charge is 2.26. The van der Waals surface area contributed by atoms with Gasteiger partial charge < -0.3 is 11.1 Å². The number of carbonyl (C=O) groups is 1. The van der Waals surface area contributed by atoms with Gasteiger partial charge in [-0.25, -0.2) is 0 Å². The summed E-state index contributed by atoms with van der Waals surface area (Å²) in [7, 11) is 0. The van der Waals surface area contributed by atoms with Crippen LogP contribution in [0.4, 0.5) is 0 Å². The lowest BCUT2D eigenvalue weighted by molar-refractivity contribution is -0.126. The van der Waals surface area contributed by atoms with Crippen molar-refractivity contribution in [2.75, 3.05) is 19.6 Å². The van der Waals surface area contributed by atoms with Crippen molar-refractivity contribution in [1.82, 2.24) is 10.2 Å². The minimum Gasteiger partial charge on any atom is -0.353 e. The molecular formula is C15H26ClN3OS. The molecule has 2 rings (SSSR count). The standard InChI is InChI=1S/C15H25N3OS.ClH/c1-3-6-15(2,16)14(19)17-7-9-18-8-4-13-12(11-18)5-10-20-13;/h5,10H,3-4,6-9,11,16H2,1-2H3,(H,17,19);1H. The molecule has 1 aromatic heterocycles. The van der Waals surface area contributed by atoms with Crippen LogP contribution >= 0.6 is 23.7 Å². The summed E-state index contributed by atoms with van der Waals surface area (Å²) in [6.45, 7) is 7.51. The summed E-state index contributed by atoms with van der Waals surface area (Å²) < 4.78 is 0. The number of nitrogens with two attached hydrogens (primary N) is 1. The number of carbonyl (C=O) groups excluding carboxylic acids is 1. The van der Waals surface area contributed by atoms with Crippen LogP contribution in [-0.2, 0) is 17.8 Å². The zero-order chi connectivity index (χ0) is 14.6. The van der Waals surface area contributed by atoms with Crippen LogP contribution in [0.15, 0.2) is 11.4 Å². The minimum absolute atomic E-state index is 0. The van der Waals surface area contributed by atoms with E-state index >= 15 is 0 Å². The molecule has 0 spiro atoms. The first-order chi connectivity index (χ1) is 9.53. The Labute approximate surface area is 137 Å². The highest BCUT2D eigenvalue weighted by molar-refractivity contribution is 7.10. The Bertz CT molecular complexity index is 462. The molecule has 0 saturated heterocycles. The Hall–Kier alpha value is -0.620. The van der Waals surface area contributed by atoms with E-state index in [1.54, 1.807) is 0 Å². The van der Waals surface area contributed by atoms with Gasteiger partial charge in [-0.2, -0.15) is 0 Å². The molecule has 1 unspecified atom stereocenters. The first-order valence-electron chi connectivity index (χ1n) is 7.37. The van der Waals surface area contributed by atoms with E-state index in [1.807, 2.05) is 25.2 Å².